The molecule has 1 N–H and O–H groups in total. The Bertz CT molecular complexity index is 655. The predicted molar refractivity (Wildman–Crippen MR) is 59.2 cm³/mol. The topological polar surface area (TPSA) is 54.9 Å². The van der Waals surface area contributed by atoms with E-state index in [1.54, 1.807) is 0 Å². The second-order valence-corrected chi connectivity index (χ2v) is 3.88. The third kappa shape index (κ3) is 1.54. The van der Waals surface area contributed by atoms with Gasteiger partial charge in [0, 0.05) is 6.04 Å². The summed E-state index contributed by atoms with van der Waals surface area (Å²) in [6, 6.07) is 3.71. The van der Waals surface area contributed by atoms with E-state index in [0.29, 0.717) is 5.52 Å². The predicted octanol–water partition coefficient (Wildman–Crippen LogP) is 1.41. The molecule has 0 fully saturated rings. The number of aromatic amines is 1. The molecular weight excluding hydrogens is 211 g/mol. The molecule has 16 heavy (non-hydrogen) atoms. The minimum Gasteiger partial charge on any atom is -0.291 e. The highest BCUT2D eigenvalue weighted by Crippen LogP contribution is 2.13. The monoisotopic (exact) mass is 222 g/mol. The zero-order valence-corrected chi connectivity index (χ0v) is 8.95. The minimum absolute atomic E-state index is 0.0997. The van der Waals surface area contributed by atoms with Crippen molar-refractivity contribution in [3.05, 3.63) is 44.9 Å². The molecule has 0 radical (unpaired) electrons. The minimum atomic E-state index is -0.559. The lowest BCUT2D eigenvalue weighted by molar-refractivity contribution is 0.582. The van der Waals surface area contributed by atoms with Gasteiger partial charge in [-0.05, 0) is 32.0 Å². The van der Waals surface area contributed by atoms with E-state index >= 15 is 0 Å². The number of aromatic nitrogens is 2. The average Bonchev–Trinajstić information content (AvgIpc) is 2.18. The number of H-pyrrole nitrogens is 1. The summed E-state index contributed by atoms with van der Waals surface area (Å²) in [6.07, 6.45) is 0. The summed E-state index contributed by atoms with van der Waals surface area (Å²) in [5, 5.41) is 0.188. The SMILES string of the molecule is CC(C)n1c(=O)[nH]c(=O)c2cc(F)ccc21. The number of rotatable bonds is 1. The zero-order chi connectivity index (χ0) is 11.9. The summed E-state index contributed by atoms with van der Waals surface area (Å²) in [5.74, 6) is -0.494. The fraction of sp³-hybridized carbons (Fsp3) is 0.273. The molecular formula is C11H11FN2O2. The maximum absolute atomic E-state index is 13.0. The van der Waals surface area contributed by atoms with Crippen molar-refractivity contribution >= 4 is 10.9 Å². The molecule has 2 rings (SSSR count). The first-order valence-electron chi connectivity index (χ1n) is 4.95. The van der Waals surface area contributed by atoms with Gasteiger partial charge in [0.25, 0.3) is 5.56 Å². The van der Waals surface area contributed by atoms with Crippen LogP contribution in [0.25, 0.3) is 10.9 Å². The summed E-state index contributed by atoms with van der Waals surface area (Å²) in [4.78, 5) is 25.3. The third-order valence-electron chi connectivity index (χ3n) is 2.42. The lowest BCUT2D eigenvalue weighted by Crippen LogP contribution is -2.31. The van der Waals surface area contributed by atoms with E-state index in [1.807, 2.05) is 13.8 Å². The molecule has 2 aromatic rings. The van der Waals surface area contributed by atoms with Crippen molar-refractivity contribution in [3.63, 3.8) is 0 Å². The summed E-state index contributed by atoms with van der Waals surface area (Å²) < 4.78 is 14.4. The highest BCUT2D eigenvalue weighted by atomic mass is 19.1. The molecule has 0 unspecified atom stereocenters. The smallest absolute Gasteiger partial charge is 0.291 e. The van der Waals surface area contributed by atoms with Crippen molar-refractivity contribution in [1.29, 1.82) is 0 Å². The third-order valence-corrected chi connectivity index (χ3v) is 2.42. The normalized spacial score (nSPS) is 11.2. The van der Waals surface area contributed by atoms with Crippen LogP contribution < -0.4 is 11.2 Å². The molecule has 0 aliphatic heterocycles. The average molecular weight is 222 g/mol. The maximum atomic E-state index is 13.0. The van der Waals surface area contributed by atoms with E-state index in [9.17, 15) is 14.0 Å². The first-order valence-corrected chi connectivity index (χ1v) is 4.95. The van der Waals surface area contributed by atoms with Crippen molar-refractivity contribution in [2.24, 2.45) is 0 Å². The van der Waals surface area contributed by atoms with Crippen molar-refractivity contribution in [3.8, 4) is 0 Å². The van der Waals surface area contributed by atoms with Gasteiger partial charge >= 0.3 is 5.69 Å². The molecule has 0 spiro atoms. The van der Waals surface area contributed by atoms with Gasteiger partial charge in [-0.2, -0.15) is 0 Å². The second kappa shape index (κ2) is 3.59. The molecule has 0 atom stereocenters. The van der Waals surface area contributed by atoms with Gasteiger partial charge < -0.3 is 0 Å². The zero-order valence-electron chi connectivity index (χ0n) is 8.95. The van der Waals surface area contributed by atoms with E-state index in [4.69, 9.17) is 0 Å². The van der Waals surface area contributed by atoms with Gasteiger partial charge in [-0.3, -0.25) is 14.3 Å². The van der Waals surface area contributed by atoms with Crippen LogP contribution in [0.15, 0.2) is 27.8 Å². The van der Waals surface area contributed by atoms with E-state index < -0.39 is 17.1 Å². The van der Waals surface area contributed by atoms with Crippen molar-refractivity contribution in [1.82, 2.24) is 9.55 Å². The van der Waals surface area contributed by atoms with Crippen LogP contribution in [0.5, 0.6) is 0 Å². The van der Waals surface area contributed by atoms with Crippen LogP contribution >= 0.6 is 0 Å². The van der Waals surface area contributed by atoms with Crippen molar-refractivity contribution in [2.45, 2.75) is 19.9 Å². The van der Waals surface area contributed by atoms with Gasteiger partial charge in [-0.1, -0.05) is 0 Å². The Labute approximate surface area is 90.3 Å². The fourth-order valence-electron chi connectivity index (χ4n) is 1.75. The van der Waals surface area contributed by atoms with Crippen LogP contribution in [0.3, 0.4) is 0 Å². The lowest BCUT2D eigenvalue weighted by atomic mass is 10.2. The molecule has 0 amide bonds. The Hall–Kier alpha value is -1.91. The summed E-state index contributed by atoms with van der Waals surface area (Å²) in [6.45, 7) is 3.64. The first-order chi connectivity index (χ1) is 7.50. The molecule has 1 aromatic carbocycles. The largest absolute Gasteiger partial charge is 0.329 e. The number of nitrogens with one attached hydrogen (secondary N) is 1. The maximum Gasteiger partial charge on any atom is 0.329 e. The summed E-state index contributed by atoms with van der Waals surface area (Å²) in [7, 11) is 0. The lowest BCUT2D eigenvalue weighted by Gasteiger charge is -2.12. The van der Waals surface area contributed by atoms with E-state index in [-0.39, 0.29) is 11.4 Å². The quantitative estimate of drug-likeness (QED) is 0.793. The molecule has 5 heteroatoms. The number of hydrogen-bond donors (Lipinski definition) is 1. The Kier molecular flexibility index (Phi) is 2.38. The number of benzene rings is 1. The Balaban J connectivity index is 3.02. The second-order valence-electron chi connectivity index (χ2n) is 3.88. The number of hydrogen-bond acceptors (Lipinski definition) is 2. The van der Waals surface area contributed by atoms with Crippen LogP contribution in [0.1, 0.15) is 19.9 Å². The number of halogens is 1. The standard InChI is InChI=1S/C11H11FN2O2/c1-6(2)14-9-4-3-7(12)5-8(9)10(15)13-11(14)16/h3-6H,1-2H3,(H,13,15,16). The Morgan fingerprint density at radius 2 is 2.00 bits per heavy atom. The van der Waals surface area contributed by atoms with Gasteiger partial charge in [0.2, 0.25) is 0 Å². The number of fused-ring (bicyclic) bond motifs is 1. The van der Waals surface area contributed by atoms with Crippen LogP contribution in [0.4, 0.5) is 4.39 Å². The highest BCUT2D eigenvalue weighted by molar-refractivity contribution is 5.77. The summed E-state index contributed by atoms with van der Waals surface area (Å²) >= 11 is 0. The fourth-order valence-corrected chi connectivity index (χ4v) is 1.75. The van der Waals surface area contributed by atoms with E-state index in [1.165, 1.54) is 16.7 Å². The summed E-state index contributed by atoms with van der Waals surface area (Å²) in [5.41, 5.74) is -0.583. The van der Waals surface area contributed by atoms with Crippen LogP contribution in [-0.4, -0.2) is 9.55 Å². The molecule has 0 saturated carbocycles. The molecule has 0 saturated heterocycles. The van der Waals surface area contributed by atoms with E-state index in [2.05, 4.69) is 4.98 Å². The van der Waals surface area contributed by atoms with Crippen molar-refractivity contribution < 1.29 is 4.39 Å². The number of nitrogens with zero attached hydrogens (tertiary/aromatic N) is 1. The van der Waals surface area contributed by atoms with Gasteiger partial charge in [0.1, 0.15) is 5.82 Å². The highest BCUT2D eigenvalue weighted by Gasteiger charge is 2.10. The Morgan fingerprint density at radius 1 is 1.31 bits per heavy atom. The molecule has 0 aliphatic carbocycles. The van der Waals surface area contributed by atoms with Crippen LogP contribution in [0, 0.1) is 5.82 Å². The van der Waals surface area contributed by atoms with Crippen LogP contribution in [-0.2, 0) is 0 Å². The molecule has 84 valence electrons. The molecule has 0 aliphatic rings. The van der Waals surface area contributed by atoms with E-state index in [0.717, 1.165) is 6.07 Å². The first kappa shape index (κ1) is 10.6. The van der Waals surface area contributed by atoms with Crippen LogP contribution in [0.2, 0.25) is 0 Å². The molecule has 4 nitrogen and oxygen atoms in total. The molecule has 1 heterocycles. The van der Waals surface area contributed by atoms with Crippen molar-refractivity contribution in [2.75, 3.05) is 0 Å². The van der Waals surface area contributed by atoms with Gasteiger partial charge in [-0.15, -0.1) is 0 Å². The van der Waals surface area contributed by atoms with Gasteiger partial charge in [-0.25, -0.2) is 9.18 Å². The Morgan fingerprint density at radius 3 is 2.62 bits per heavy atom. The van der Waals surface area contributed by atoms with Gasteiger partial charge in [0.05, 0.1) is 10.9 Å². The van der Waals surface area contributed by atoms with Gasteiger partial charge in [0.15, 0.2) is 0 Å². The molecule has 1 aromatic heterocycles. The molecule has 0 bridgehead atoms.